The Morgan fingerprint density at radius 2 is 2.11 bits per heavy atom. The predicted octanol–water partition coefficient (Wildman–Crippen LogP) is 0.157. The third kappa shape index (κ3) is 3.43. The number of carbonyl (C=O) groups is 2. The molecule has 0 radical (unpaired) electrons. The molecule has 2 N–H and O–H groups in total. The highest BCUT2D eigenvalue weighted by atomic mass is 16.2. The molecular formula is C13H18N4O2. The molecule has 1 fully saturated rings. The Hall–Kier alpha value is -2.11. The molecule has 19 heavy (non-hydrogen) atoms. The average Bonchev–Trinajstić information content (AvgIpc) is 2.82. The van der Waals surface area contributed by atoms with Crippen LogP contribution in [-0.2, 0) is 16.6 Å². The van der Waals surface area contributed by atoms with Crippen molar-refractivity contribution in [1.82, 2.24) is 14.7 Å². The van der Waals surface area contributed by atoms with Crippen LogP contribution in [0.25, 0.3) is 6.08 Å². The molecule has 1 aliphatic rings. The van der Waals surface area contributed by atoms with Gasteiger partial charge in [0, 0.05) is 43.9 Å². The zero-order valence-electron chi connectivity index (χ0n) is 11.0. The van der Waals surface area contributed by atoms with Gasteiger partial charge in [0.2, 0.25) is 11.8 Å². The molecule has 0 aliphatic carbocycles. The summed E-state index contributed by atoms with van der Waals surface area (Å²) in [5, 5.41) is 4.03. The van der Waals surface area contributed by atoms with E-state index in [0.29, 0.717) is 25.9 Å². The Morgan fingerprint density at radius 3 is 2.63 bits per heavy atom. The van der Waals surface area contributed by atoms with Crippen LogP contribution in [0.4, 0.5) is 0 Å². The number of aromatic nitrogens is 2. The molecule has 2 rings (SSSR count). The molecular weight excluding hydrogens is 244 g/mol. The largest absolute Gasteiger partial charge is 0.369 e. The number of piperidine rings is 1. The van der Waals surface area contributed by atoms with Gasteiger partial charge in [0.25, 0.3) is 0 Å². The lowest BCUT2D eigenvalue weighted by molar-refractivity contribution is -0.130. The van der Waals surface area contributed by atoms with E-state index in [0.717, 1.165) is 5.56 Å². The molecule has 0 aromatic carbocycles. The summed E-state index contributed by atoms with van der Waals surface area (Å²) in [6.07, 6.45) is 8.13. The Morgan fingerprint density at radius 1 is 1.42 bits per heavy atom. The van der Waals surface area contributed by atoms with E-state index in [4.69, 9.17) is 5.73 Å². The molecule has 6 nitrogen and oxygen atoms in total. The number of rotatable bonds is 3. The molecule has 0 bridgehead atoms. The Kier molecular flexibility index (Phi) is 3.99. The first kappa shape index (κ1) is 13.3. The number of carbonyl (C=O) groups excluding carboxylic acids is 2. The fraction of sp³-hybridized carbons (Fsp3) is 0.462. The summed E-state index contributed by atoms with van der Waals surface area (Å²) in [5.74, 6) is -0.392. The van der Waals surface area contributed by atoms with Gasteiger partial charge in [-0.1, -0.05) is 0 Å². The lowest BCUT2D eigenvalue weighted by Gasteiger charge is -2.29. The molecule has 0 atom stereocenters. The van der Waals surface area contributed by atoms with E-state index in [1.165, 1.54) is 0 Å². The molecule has 1 aromatic heterocycles. The van der Waals surface area contributed by atoms with E-state index < -0.39 is 0 Å². The third-order valence-electron chi connectivity index (χ3n) is 3.35. The standard InChI is InChI=1S/C13H18N4O2/c1-16-9-10(8-15-16)2-3-12(18)17-6-4-11(5-7-17)13(14)19/h2-3,8-9,11H,4-7H2,1H3,(H2,14,19)/b3-2+. The van der Waals surface area contributed by atoms with Crippen molar-refractivity contribution in [2.45, 2.75) is 12.8 Å². The SMILES string of the molecule is Cn1cc(/C=C/C(=O)N2CCC(C(N)=O)CC2)cn1. The molecule has 1 aromatic rings. The number of nitrogens with zero attached hydrogens (tertiary/aromatic N) is 3. The maximum Gasteiger partial charge on any atom is 0.246 e. The minimum absolute atomic E-state index is 0.0354. The van der Waals surface area contributed by atoms with Gasteiger partial charge in [0.15, 0.2) is 0 Å². The first-order valence-corrected chi connectivity index (χ1v) is 6.31. The molecule has 0 saturated carbocycles. The van der Waals surface area contributed by atoms with Crippen molar-refractivity contribution in [3.8, 4) is 0 Å². The number of aryl methyl sites for hydroxylation is 1. The van der Waals surface area contributed by atoms with Crippen LogP contribution in [0.1, 0.15) is 18.4 Å². The van der Waals surface area contributed by atoms with Gasteiger partial charge in [-0.3, -0.25) is 14.3 Å². The van der Waals surface area contributed by atoms with Crippen molar-refractivity contribution >= 4 is 17.9 Å². The Bertz CT molecular complexity index is 498. The summed E-state index contributed by atoms with van der Waals surface area (Å²) in [4.78, 5) is 24.7. The Labute approximate surface area is 111 Å². The minimum atomic E-state index is -0.266. The van der Waals surface area contributed by atoms with E-state index in [1.807, 2.05) is 13.2 Å². The van der Waals surface area contributed by atoms with Crippen LogP contribution in [0.3, 0.4) is 0 Å². The minimum Gasteiger partial charge on any atom is -0.369 e. The van der Waals surface area contributed by atoms with Crippen LogP contribution < -0.4 is 5.73 Å². The Balaban J connectivity index is 1.88. The van der Waals surface area contributed by atoms with Crippen molar-refractivity contribution in [3.05, 3.63) is 24.0 Å². The van der Waals surface area contributed by atoms with E-state index in [9.17, 15) is 9.59 Å². The summed E-state index contributed by atoms with van der Waals surface area (Å²) in [7, 11) is 1.83. The molecule has 2 heterocycles. The number of amides is 2. The van der Waals surface area contributed by atoms with Crippen LogP contribution in [0.15, 0.2) is 18.5 Å². The van der Waals surface area contributed by atoms with Gasteiger partial charge in [-0.2, -0.15) is 5.10 Å². The summed E-state index contributed by atoms with van der Waals surface area (Å²) < 4.78 is 1.68. The third-order valence-corrected chi connectivity index (χ3v) is 3.35. The van der Waals surface area contributed by atoms with Gasteiger partial charge in [0.05, 0.1) is 6.20 Å². The second-order valence-corrected chi connectivity index (χ2v) is 4.78. The van der Waals surface area contributed by atoms with E-state index >= 15 is 0 Å². The number of likely N-dealkylation sites (tertiary alicyclic amines) is 1. The normalized spacial score (nSPS) is 17.0. The second-order valence-electron chi connectivity index (χ2n) is 4.78. The zero-order valence-corrected chi connectivity index (χ0v) is 11.0. The fourth-order valence-electron chi connectivity index (χ4n) is 2.18. The van der Waals surface area contributed by atoms with Gasteiger partial charge >= 0.3 is 0 Å². The molecule has 0 spiro atoms. The highest BCUT2D eigenvalue weighted by Gasteiger charge is 2.24. The summed E-state index contributed by atoms with van der Waals surface area (Å²) >= 11 is 0. The predicted molar refractivity (Wildman–Crippen MR) is 70.7 cm³/mol. The summed E-state index contributed by atoms with van der Waals surface area (Å²) in [6, 6.07) is 0. The summed E-state index contributed by atoms with van der Waals surface area (Å²) in [5.41, 5.74) is 6.15. The molecule has 1 saturated heterocycles. The monoisotopic (exact) mass is 262 g/mol. The lowest BCUT2D eigenvalue weighted by Crippen LogP contribution is -2.41. The van der Waals surface area contributed by atoms with E-state index in [1.54, 1.807) is 27.9 Å². The van der Waals surface area contributed by atoms with Gasteiger partial charge in [0.1, 0.15) is 0 Å². The van der Waals surface area contributed by atoms with Crippen LogP contribution in [-0.4, -0.2) is 39.6 Å². The van der Waals surface area contributed by atoms with Gasteiger partial charge < -0.3 is 10.6 Å². The maximum atomic E-state index is 12.0. The van der Waals surface area contributed by atoms with Crippen molar-refractivity contribution in [2.75, 3.05) is 13.1 Å². The molecule has 102 valence electrons. The zero-order chi connectivity index (χ0) is 13.8. The van der Waals surface area contributed by atoms with Crippen molar-refractivity contribution < 1.29 is 9.59 Å². The molecule has 1 aliphatic heterocycles. The van der Waals surface area contributed by atoms with Crippen molar-refractivity contribution in [1.29, 1.82) is 0 Å². The average molecular weight is 262 g/mol. The smallest absolute Gasteiger partial charge is 0.246 e. The quantitative estimate of drug-likeness (QED) is 0.788. The van der Waals surface area contributed by atoms with Crippen molar-refractivity contribution in [2.24, 2.45) is 18.7 Å². The van der Waals surface area contributed by atoms with Gasteiger partial charge in [-0.05, 0) is 18.9 Å². The van der Waals surface area contributed by atoms with Crippen LogP contribution in [0.5, 0.6) is 0 Å². The van der Waals surface area contributed by atoms with Crippen LogP contribution >= 0.6 is 0 Å². The van der Waals surface area contributed by atoms with E-state index in [-0.39, 0.29) is 17.7 Å². The highest BCUT2D eigenvalue weighted by molar-refractivity contribution is 5.91. The van der Waals surface area contributed by atoms with Crippen LogP contribution in [0, 0.1) is 5.92 Å². The molecule has 0 unspecified atom stereocenters. The number of nitrogens with two attached hydrogens (primary N) is 1. The molecule has 6 heteroatoms. The number of hydrogen-bond donors (Lipinski definition) is 1. The first-order valence-electron chi connectivity index (χ1n) is 6.31. The van der Waals surface area contributed by atoms with Crippen LogP contribution in [0.2, 0.25) is 0 Å². The van der Waals surface area contributed by atoms with Crippen molar-refractivity contribution in [3.63, 3.8) is 0 Å². The van der Waals surface area contributed by atoms with E-state index in [2.05, 4.69) is 5.10 Å². The topological polar surface area (TPSA) is 81.2 Å². The second kappa shape index (κ2) is 5.69. The first-order chi connectivity index (χ1) is 9.06. The fourth-order valence-corrected chi connectivity index (χ4v) is 2.18. The van der Waals surface area contributed by atoms with Gasteiger partial charge in [-0.25, -0.2) is 0 Å². The summed E-state index contributed by atoms with van der Waals surface area (Å²) in [6.45, 7) is 1.17. The number of primary amides is 1. The lowest BCUT2D eigenvalue weighted by atomic mass is 9.96. The van der Waals surface area contributed by atoms with Gasteiger partial charge in [-0.15, -0.1) is 0 Å². The molecule has 2 amide bonds. The highest BCUT2D eigenvalue weighted by Crippen LogP contribution is 2.17. The maximum absolute atomic E-state index is 12.0. The number of hydrogen-bond acceptors (Lipinski definition) is 3.